The maximum atomic E-state index is 6.58. The monoisotopic (exact) mass is 326 g/mol. The molecule has 0 aromatic carbocycles. The van der Waals surface area contributed by atoms with E-state index in [2.05, 4.69) is 53.3 Å². The van der Waals surface area contributed by atoms with Gasteiger partial charge in [-0.05, 0) is 94.5 Å². The average Bonchev–Trinajstić information content (AvgIpc) is 2.43. The fourth-order valence-corrected chi connectivity index (χ4v) is 5.83. The van der Waals surface area contributed by atoms with Crippen molar-refractivity contribution in [3.05, 3.63) is 0 Å². The molecule has 1 nitrogen and oxygen atoms in total. The molecule has 3 unspecified atom stereocenters. The van der Waals surface area contributed by atoms with Gasteiger partial charge in [-0.15, -0.1) is 0 Å². The zero-order valence-electron chi connectivity index (χ0n) is 15.8. The molecule has 2 fully saturated rings. The van der Waals surface area contributed by atoms with Crippen LogP contribution in [0.3, 0.4) is 0 Å². The molecule has 2 saturated heterocycles. The minimum Gasteiger partial charge on any atom is -0.369 e. The first-order valence-corrected chi connectivity index (χ1v) is 10.6. The van der Waals surface area contributed by atoms with Crippen LogP contribution in [-0.4, -0.2) is 22.7 Å². The molecule has 0 aromatic heterocycles. The Hall–Kier alpha value is 0.310. The summed E-state index contributed by atoms with van der Waals surface area (Å²) in [6.07, 6.45) is 7.92. The number of hydrogen-bond acceptors (Lipinski definition) is 2. The molecule has 0 amide bonds. The van der Waals surface area contributed by atoms with E-state index in [1.807, 2.05) is 0 Å². The lowest BCUT2D eigenvalue weighted by atomic mass is 9.72. The van der Waals surface area contributed by atoms with Gasteiger partial charge in [0, 0.05) is 0 Å². The summed E-state index contributed by atoms with van der Waals surface area (Å²) in [5.41, 5.74) is 0.140. The van der Waals surface area contributed by atoms with Crippen LogP contribution in [0.25, 0.3) is 0 Å². The van der Waals surface area contributed by atoms with Gasteiger partial charge in [0.1, 0.15) is 0 Å². The van der Waals surface area contributed by atoms with Crippen LogP contribution < -0.4 is 0 Å². The quantitative estimate of drug-likeness (QED) is 0.598. The lowest BCUT2D eigenvalue weighted by Gasteiger charge is -2.49. The molecule has 0 aliphatic carbocycles. The number of thioether (sulfide) groups is 1. The lowest BCUT2D eigenvalue weighted by Crippen LogP contribution is -2.48. The van der Waals surface area contributed by atoms with Gasteiger partial charge >= 0.3 is 0 Å². The van der Waals surface area contributed by atoms with Crippen LogP contribution in [0.5, 0.6) is 0 Å². The van der Waals surface area contributed by atoms with Crippen molar-refractivity contribution in [3.8, 4) is 0 Å². The van der Waals surface area contributed by atoms with Gasteiger partial charge in [0.25, 0.3) is 0 Å². The average molecular weight is 327 g/mol. The highest BCUT2D eigenvalue weighted by Crippen LogP contribution is 2.44. The van der Waals surface area contributed by atoms with Gasteiger partial charge in [0.05, 0.1) is 11.2 Å². The van der Waals surface area contributed by atoms with Gasteiger partial charge in [-0.25, -0.2) is 0 Å². The minimum absolute atomic E-state index is 0.0483. The van der Waals surface area contributed by atoms with E-state index in [1.54, 1.807) is 0 Å². The Morgan fingerprint density at radius 1 is 1.00 bits per heavy atom. The second-order valence-corrected chi connectivity index (χ2v) is 10.4. The van der Waals surface area contributed by atoms with Gasteiger partial charge in [-0.2, -0.15) is 11.8 Å². The van der Waals surface area contributed by atoms with Crippen molar-refractivity contribution in [2.24, 2.45) is 23.7 Å². The lowest BCUT2D eigenvalue weighted by molar-refractivity contribution is -0.191. The molecular weight excluding hydrogens is 288 g/mol. The summed E-state index contributed by atoms with van der Waals surface area (Å²) in [6.45, 7) is 14.2. The Kier molecular flexibility index (Phi) is 6.33. The Balaban J connectivity index is 1.91. The molecule has 130 valence electrons. The van der Waals surface area contributed by atoms with Gasteiger partial charge < -0.3 is 4.74 Å². The van der Waals surface area contributed by atoms with E-state index in [0.717, 1.165) is 23.7 Å². The molecule has 3 atom stereocenters. The SMILES string of the molecule is CC(C)C1CC(C)(C)OC(C)(CCC(C)C2CCSCC2)C1. The third kappa shape index (κ3) is 5.16. The summed E-state index contributed by atoms with van der Waals surface area (Å²) < 4.78 is 6.58. The topological polar surface area (TPSA) is 9.23 Å². The van der Waals surface area contributed by atoms with Crippen LogP contribution >= 0.6 is 11.8 Å². The van der Waals surface area contributed by atoms with Crippen molar-refractivity contribution >= 4 is 11.8 Å². The molecule has 2 rings (SSSR count). The van der Waals surface area contributed by atoms with Crippen molar-refractivity contribution < 1.29 is 4.74 Å². The van der Waals surface area contributed by atoms with E-state index in [4.69, 9.17) is 4.74 Å². The zero-order valence-corrected chi connectivity index (χ0v) is 16.6. The van der Waals surface area contributed by atoms with Gasteiger partial charge in [-0.3, -0.25) is 0 Å². The number of ether oxygens (including phenoxy) is 1. The highest BCUT2D eigenvalue weighted by atomic mass is 32.2. The van der Waals surface area contributed by atoms with Crippen molar-refractivity contribution in [2.75, 3.05) is 11.5 Å². The van der Waals surface area contributed by atoms with Crippen molar-refractivity contribution in [1.29, 1.82) is 0 Å². The smallest absolute Gasteiger partial charge is 0.0664 e. The van der Waals surface area contributed by atoms with E-state index >= 15 is 0 Å². The molecule has 0 spiro atoms. The summed E-state index contributed by atoms with van der Waals surface area (Å²) in [6, 6.07) is 0. The van der Waals surface area contributed by atoms with E-state index in [-0.39, 0.29) is 11.2 Å². The summed E-state index contributed by atoms with van der Waals surface area (Å²) in [7, 11) is 0. The molecule has 2 aliphatic rings. The maximum Gasteiger partial charge on any atom is 0.0664 e. The van der Waals surface area contributed by atoms with Crippen molar-refractivity contribution in [1.82, 2.24) is 0 Å². The Morgan fingerprint density at radius 3 is 2.23 bits per heavy atom. The summed E-state index contributed by atoms with van der Waals surface area (Å²) in [5.74, 6) is 6.17. The van der Waals surface area contributed by atoms with Crippen LogP contribution in [0.15, 0.2) is 0 Å². The molecule has 0 bridgehead atoms. The molecule has 22 heavy (non-hydrogen) atoms. The molecule has 2 heteroatoms. The van der Waals surface area contributed by atoms with Crippen LogP contribution in [0.1, 0.15) is 80.1 Å². The van der Waals surface area contributed by atoms with Gasteiger partial charge in [0.2, 0.25) is 0 Å². The van der Waals surface area contributed by atoms with Gasteiger partial charge in [-0.1, -0.05) is 20.8 Å². The fourth-order valence-electron chi connectivity index (χ4n) is 4.69. The second kappa shape index (κ2) is 7.47. The van der Waals surface area contributed by atoms with E-state index in [0.29, 0.717) is 0 Å². The Labute approximate surface area is 143 Å². The number of rotatable bonds is 5. The van der Waals surface area contributed by atoms with Crippen LogP contribution in [0.4, 0.5) is 0 Å². The van der Waals surface area contributed by atoms with Crippen LogP contribution in [0, 0.1) is 23.7 Å². The first-order chi connectivity index (χ1) is 10.2. The first-order valence-electron chi connectivity index (χ1n) is 9.49. The molecule has 0 N–H and O–H groups in total. The second-order valence-electron chi connectivity index (χ2n) is 9.19. The summed E-state index contributed by atoms with van der Waals surface area (Å²) in [4.78, 5) is 0. The summed E-state index contributed by atoms with van der Waals surface area (Å²) in [5, 5.41) is 0. The van der Waals surface area contributed by atoms with Crippen LogP contribution in [0.2, 0.25) is 0 Å². The molecule has 2 aliphatic heterocycles. The Bertz CT molecular complexity index is 346. The van der Waals surface area contributed by atoms with Crippen LogP contribution in [-0.2, 0) is 4.74 Å². The highest BCUT2D eigenvalue weighted by Gasteiger charge is 2.42. The van der Waals surface area contributed by atoms with E-state index in [1.165, 1.54) is 50.0 Å². The molecule has 0 aromatic rings. The Morgan fingerprint density at radius 2 is 1.64 bits per heavy atom. The van der Waals surface area contributed by atoms with Gasteiger partial charge in [0.15, 0.2) is 0 Å². The van der Waals surface area contributed by atoms with Crippen molar-refractivity contribution in [3.63, 3.8) is 0 Å². The first kappa shape index (κ1) is 18.6. The fraction of sp³-hybridized carbons (Fsp3) is 1.00. The minimum atomic E-state index is 0.0483. The molecular formula is C20H38OS. The molecule has 0 radical (unpaired) electrons. The third-order valence-corrected chi connectivity index (χ3v) is 7.16. The largest absolute Gasteiger partial charge is 0.369 e. The number of hydrogen-bond donors (Lipinski definition) is 0. The summed E-state index contributed by atoms with van der Waals surface area (Å²) >= 11 is 2.14. The predicted molar refractivity (Wildman–Crippen MR) is 99.6 cm³/mol. The molecule has 2 heterocycles. The van der Waals surface area contributed by atoms with Crippen molar-refractivity contribution in [2.45, 2.75) is 91.3 Å². The molecule has 0 saturated carbocycles. The maximum absolute atomic E-state index is 6.58. The predicted octanol–water partition coefficient (Wildman–Crippen LogP) is 6.17. The van der Waals surface area contributed by atoms with E-state index in [9.17, 15) is 0 Å². The third-order valence-electron chi connectivity index (χ3n) is 6.11. The van der Waals surface area contributed by atoms with E-state index < -0.39 is 0 Å². The standard InChI is InChI=1S/C20H38OS/c1-15(2)18-13-19(4,5)21-20(6,14-18)10-7-16(3)17-8-11-22-12-9-17/h15-18H,7-14H2,1-6H3. The zero-order chi connectivity index (χ0) is 16.4. The normalized spacial score (nSPS) is 34.8. The highest BCUT2D eigenvalue weighted by molar-refractivity contribution is 7.99.